The van der Waals surface area contributed by atoms with E-state index in [1.54, 1.807) is 6.92 Å². The topological polar surface area (TPSA) is 92.5 Å². The molecule has 0 fully saturated rings. The molecule has 112 valence electrons. The van der Waals surface area contributed by atoms with Crippen LogP contribution in [0.4, 0.5) is 5.69 Å². The molecule has 0 heterocycles. The highest BCUT2D eigenvalue weighted by atomic mass is 32.2. The molecule has 0 aliphatic carbocycles. The maximum atomic E-state index is 12.1. The Kier molecular flexibility index (Phi) is 5.61. The van der Waals surface area contributed by atoms with Gasteiger partial charge in [0.15, 0.2) is 0 Å². The van der Waals surface area contributed by atoms with Crippen LogP contribution in [0.2, 0.25) is 0 Å². The molecule has 0 spiro atoms. The average molecular weight is 301 g/mol. The normalized spacial score (nSPS) is 11.8. The Hall–Kier alpha value is -1.51. The monoisotopic (exact) mass is 301 g/mol. The van der Waals surface area contributed by atoms with E-state index >= 15 is 0 Å². The number of sulfonamides is 1. The predicted molar refractivity (Wildman–Crippen MR) is 76.2 cm³/mol. The Balaban J connectivity index is 2.86. The van der Waals surface area contributed by atoms with Gasteiger partial charge in [0.05, 0.1) is 9.82 Å². The van der Waals surface area contributed by atoms with Crippen molar-refractivity contribution in [3.05, 3.63) is 33.9 Å². The molecule has 0 unspecified atom stereocenters. The van der Waals surface area contributed by atoms with Gasteiger partial charge in [0, 0.05) is 18.7 Å². The number of aryl methyl sites for hydroxylation is 1. The van der Waals surface area contributed by atoms with Crippen molar-refractivity contribution in [3.63, 3.8) is 0 Å². The Morgan fingerprint density at radius 1 is 1.35 bits per heavy atom. The highest BCUT2D eigenvalue weighted by molar-refractivity contribution is 7.89. The van der Waals surface area contributed by atoms with Crippen molar-refractivity contribution in [1.82, 2.24) is 9.62 Å². The number of benzene rings is 1. The van der Waals surface area contributed by atoms with Crippen molar-refractivity contribution in [2.24, 2.45) is 0 Å². The summed E-state index contributed by atoms with van der Waals surface area (Å²) in [5.74, 6) is 0. The standard InChI is InChI=1S/C12H19N3O4S/c1-10-5-6-11(15(16)17)9-12(10)20(18,19)13-7-4-8-14(2)3/h5-6,9,13H,4,7-8H2,1-3H3. The molecule has 0 aliphatic rings. The van der Waals surface area contributed by atoms with Crippen LogP contribution in [0.1, 0.15) is 12.0 Å². The predicted octanol–water partition coefficient (Wildman–Crippen LogP) is 1.13. The molecule has 1 N–H and O–H groups in total. The lowest BCUT2D eigenvalue weighted by molar-refractivity contribution is -0.385. The van der Waals surface area contributed by atoms with Gasteiger partial charge in [-0.25, -0.2) is 13.1 Å². The summed E-state index contributed by atoms with van der Waals surface area (Å²) >= 11 is 0. The zero-order valence-corrected chi connectivity index (χ0v) is 12.6. The fourth-order valence-corrected chi connectivity index (χ4v) is 3.01. The molecule has 0 saturated heterocycles. The molecule has 20 heavy (non-hydrogen) atoms. The lowest BCUT2D eigenvalue weighted by Crippen LogP contribution is -2.27. The van der Waals surface area contributed by atoms with E-state index in [0.29, 0.717) is 18.5 Å². The molecule has 0 atom stereocenters. The molecule has 0 bridgehead atoms. The average Bonchev–Trinajstić information content (AvgIpc) is 2.34. The largest absolute Gasteiger partial charge is 0.309 e. The van der Waals surface area contributed by atoms with Gasteiger partial charge >= 0.3 is 0 Å². The first-order valence-electron chi connectivity index (χ1n) is 6.13. The van der Waals surface area contributed by atoms with Crippen molar-refractivity contribution < 1.29 is 13.3 Å². The van der Waals surface area contributed by atoms with Crippen LogP contribution in [-0.4, -0.2) is 45.4 Å². The molecule has 7 nitrogen and oxygen atoms in total. The Morgan fingerprint density at radius 3 is 2.55 bits per heavy atom. The van der Waals surface area contributed by atoms with E-state index in [-0.39, 0.29) is 10.6 Å². The molecule has 1 aromatic carbocycles. The van der Waals surface area contributed by atoms with Crippen LogP contribution >= 0.6 is 0 Å². The van der Waals surface area contributed by atoms with Gasteiger partial charge in [-0.3, -0.25) is 10.1 Å². The number of nitrogens with one attached hydrogen (secondary N) is 1. The van der Waals surface area contributed by atoms with Crippen LogP contribution in [0.3, 0.4) is 0 Å². The molecule has 0 aliphatic heterocycles. The van der Waals surface area contributed by atoms with E-state index in [1.807, 2.05) is 19.0 Å². The first-order valence-corrected chi connectivity index (χ1v) is 7.62. The number of nitro benzene ring substituents is 1. The first-order chi connectivity index (χ1) is 9.24. The number of nitrogens with zero attached hydrogens (tertiary/aromatic N) is 2. The molecule has 0 amide bonds. The summed E-state index contributed by atoms with van der Waals surface area (Å²) in [6, 6.07) is 3.82. The van der Waals surface area contributed by atoms with E-state index in [2.05, 4.69) is 4.72 Å². The molecular formula is C12H19N3O4S. The fraction of sp³-hybridized carbons (Fsp3) is 0.500. The summed E-state index contributed by atoms with van der Waals surface area (Å²) in [7, 11) is 0.0861. The van der Waals surface area contributed by atoms with Crippen LogP contribution in [0.15, 0.2) is 23.1 Å². The van der Waals surface area contributed by atoms with E-state index in [1.165, 1.54) is 12.1 Å². The van der Waals surface area contributed by atoms with E-state index in [4.69, 9.17) is 0 Å². The second-order valence-electron chi connectivity index (χ2n) is 4.76. The van der Waals surface area contributed by atoms with Gasteiger partial charge in [-0.1, -0.05) is 6.07 Å². The van der Waals surface area contributed by atoms with Gasteiger partial charge in [0.2, 0.25) is 10.0 Å². The number of hydrogen-bond acceptors (Lipinski definition) is 5. The Labute approximate surface area is 118 Å². The van der Waals surface area contributed by atoms with Crippen LogP contribution in [0.5, 0.6) is 0 Å². The van der Waals surface area contributed by atoms with E-state index in [9.17, 15) is 18.5 Å². The Morgan fingerprint density at radius 2 is 2.00 bits per heavy atom. The summed E-state index contributed by atoms with van der Waals surface area (Å²) < 4.78 is 26.7. The third-order valence-corrected chi connectivity index (χ3v) is 4.35. The van der Waals surface area contributed by atoms with Gasteiger partial charge in [-0.2, -0.15) is 0 Å². The van der Waals surface area contributed by atoms with Crippen LogP contribution in [0.25, 0.3) is 0 Å². The van der Waals surface area contributed by atoms with Gasteiger partial charge < -0.3 is 4.90 Å². The lowest BCUT2D eigenvalue weighted by atomic mass is 10.2. The molecule has 1 aromatic rings. The van der Waals surface area contributed by atoms with Crippen LogP contribution < -0.4 is 4.72 Å². The Bertz CT molecular complexity index is 584. The maximum Gasteiger partial charge on any atom is 0.270 e. The SMILES string of the molecule is Cc1ccc([N+](=O)[O-])cc1S(=O)(=O)NCCCN(C)C. The highest BCUT2D eigenvalue weighted by Gasteiger charge is 2.19. The van der Waals surface area contributed by atoms with Crippen LogP contribution in [-0.2, 0) is 10.0 Å². The summed E-state index contributed by atoms with van der Waals surface area (Å²) in [6.45, 7) is 2.66. The van der Waals surface area contributed by atoms with Crippen LogP contribution in [0, 0.1) is 17.0 Å². The second kappa shape index (κ2) is 6.78. The van der Waals surface area contributed by atoms with Crippen molar-refractivity contribution in [3.8, 4) is 0 Å². The molecular weight excluding hydrogens is 282 g/mol. The number of rotatable bonds is 7. The number of nitro groups is 1. The molecule has 0 saturated carbocycles. The lowest BCUT2D eigenvalue weighted by Gasteiger charge is -2.11. The third-order valence-electron chi connectivity index (χ3n) is 2.75. The third kappa shape index (κ3) is 4.55. The van der Waals surface area contributed by atoms with E-state index in [0.717, 1.165) is 12.6 Å². The van der Waals surface area contributed by atoms with Gasteiger partial charge in [-0.05, 0) is 39.5 Å². The molecule has 0 aromatic heterocycles. The van der Waals surface area contributed by atoms with Crippen molar-refractivity contribution in [2.75, 3.05) is 27.2 Å². The fourth-order valence-electron chi connectivity index (χ4n) is 1.67. The molecule has 8 heteroatoms. The summed E-state index contributed by atoms with van der Waals surface area (Å²) in [5, 5.41) is 10.7. The van der Waals surface area contributed by atoms with E-state index < -0.39 is 14.9 Å². The van der Waals surface area contributed by atoms with Crippen molar-refractivity contribution in [2.45, 2.75) is 18.2 Å². The van der Waals surface area contributed by atoms with Gasteiger partial charge in [-0.15, -0.1) is 0 Å². The number of hydrogen-bond donors (Lipinski definition) is 1. The maximum absolute atomic E-state index is 12.1. The minimum Gasteiger partial charge on any atom is -0.309 e. The van der Waals surface area contributed by atoms with Crippen molar-refractivity contribution >= 4 is 15.7 Å². The zero-order chi connectivity index (χ0) is 15.3. The molecule has 0 radical (unpaired) electrons. The summed E-state index contributed by atoms with van der Waals surface area (Å²) in [5.41, 5.74) is 0.250. The highest BCUT2D eigenvalue weighted by Crippen LogP contribution is 2.21. The minimum atomic E-state index is -3.72. The minimum absolute atomic E-state index is 0.0449. The van der Waals surface area contributed by atoms with Gasteiger partial charge in [0.25, 0.3) is 5.69 Å². The number of non-ortho nitro benzene ring substituents is 1. The summed E-state index contributed by atoms with van der Waals surface area (Å²) in [6.07, 6.45) is 0.667. The summed E-state index contributed by atoms with van der Waals surface area (Å²) in [4.78, 5) is 12.0. The van der Waals surface area contributed by atoms with Crippen molar-refractivity contribution in [1.29, 1.82) is 0 Å². The first kappa shape index (κ1) is 16.5. The zero-order valence-electron chi connectivity index (χ0n) is 11.8. The smallest absolute Gasteiger partial charge is 0.270 e. The quantitative estimate of drug-likeness (QED) is 0.463. The van der Waals surface area contributed by atoms with Gasteiger partial charge in [0.1, 0.15) is 0 Å². The molecule has 1 rings (SSSR count). The second-order valence-corrected chi connectivity index (χ2v) is 6.50.